The van der Waals surface area contributed by atoms with Crippen LogP contribution in [0, 0.1) is 13.8 Å². The lowest BCUT2D eigenvalue weighted by molar-refractivity contribution is 0.0935. The van der Waals surface area contributed by atoms with Crippen molar-refractivity contribution in [3.8, 4) is 0 Å². The quantitative estimate of drug-likeness (QED) is 0.772. The second kappa shape index (κ2) is 5.77. The van der Waals surface area contributed by atoms with Crippen molar-refractivity contribution in [2.45, 2.75) is 26.3 Å². The summed E-state index contributed by atoms with van der Waals surface area (Å²) < 4.78 is 4.91. The first kappa shape index (κ1) is 12.9. The van der Waals surface area contributed by atoms with Crippen LogP contribution in [0.5, 0.6) is 0 Å². The van der Waals surface area contributed by atoms with Crippen molar-refractivity contribution in [2.24, 2.45) is 5.73 Å². The largest absolute Gasteiger partial charge is 0.385 e. The van der Waals surface area contributed by atoms with Gasteiger partial charge in [-0.05, 0) is 32.4 Å². The third-order valence-corrected chi connectivity index (χ3v) is 2.48. The maximum absolute atomic E-state index is 12.0. The number of nitrogens with two attached hydrogens (primary N) is 1. The Morgan fingerprint density at radius 1 is 1.31 bits per heavy atom. The highest BCUT2D eigenvalue weighted by atomic mass is 16.5. The van der Waals surface area contributed by atoms with Crippen LogP contribution in [0.3, 0.4) is 0 Å². The number of hydrogen-bond donors (Lipinski definition) is 1. The smallest absolute Gasteiger partial charge is 0.179 e. The van der Waals surface area contributed by atoms with E-state index in [1.165, 1.54) is 0 Å². The molecule has 1 rings (SSSR count). The number of benzene rings is 1. The molecule has 0 aliphatic rings. The molecule has 0 heterocycles. The van der Waals surface area contributed by atoms with Gasteiger partial charge in [-0.1, -0.05) is 17.2 Å². The maximum atomic E-state index is 12.0. The summed E-state index contributed by atoms with van der Waals surface area (Å²) in [6.45, 7) is 4.46. The van der Waals surface area contributed by atoms with E-state index < -0.39 is 6.04 Å². The summed E-state index contributed by atoms with van der Waals surface area (Å²) in [5, 5.41) is 0. The Balaban J connectivity index is 2.79. The van der Waals surface area contributed by atoms with E-state index in [1.54, 1.807) is 7.11 Å². The van der Waals surface area contributed by atoms with E-state index in [0.717, 1.165) is 11.1 Å². The summed E-state index contributed by atoms with van der Waals surface area (Å²) in [6.07, 6.45) is 0.558. The molecule has 1 aromatic carbocycles. The number of Topliss-reactive ketones (excluding diaryl/α,β-unsaturated/α-hetero) is 1. The molecule has 0 bridgehead atoms. The molecule has 3 heteroatoms. The second-order valence-corrected chi connectivity index (χ2v) is 4.13. The molecular weight excluding hydrogens is 202 g/mol. The monoisotopic (exact) mass is 221 g/mol. The van der Waals surface area contributed by atoms with Gasteiger partial charge in [-0.2, -0.15) is 0 Å². The number of hydrogen-bond acceptors (Lipinski definition) is 3. The summed E-state index contributed by atoms with van der Waals surface area (Å²) in [6, 6.07) is 5.32. The number of aryl methyl sites for hydroxylation is 2. The molecule has 1 aromatic rings. The number of carbonyl (C=O) groups excluding carboxylic acids is 1. The first-order valence-corrected chi connectivity index (χ1v) is 5.41. The summed E-state index contributed by atoms with van der Waals surface area (Å²) in [7, 11) is 1.61. The van der Waals surface area contributed by atoms with Crippen molar-refractivity contribution < 1.29 is 9.53 Å². The fourth-order valence-corrected chi connectivity index (χ4v) is 1.71. The van der Waals surface area contributed by atoms with Crippen LogP contribution in [0.25, 0.3) is 0 Å². The zero-order chi connectivity index (χ0) is 12.1. The van der Waals surface area contributed by atoms with Crippen molar-refractivity contribution in [1.82, 2.24) is 0 Å². The molecule has 0 aliphatic heterocycles. The van der Waals surface area contributed by atoms with Crippen molar-refractivity contribution in [1.29, 1.82) is 0 Å². The highest BCUT2D eigenvalue weighted by Crippen LogP contribution is 2.11. The second-order valence-electron chi connectivity index (χ2n) is 4.13. The van der Waals surface area contributed by atoms with Crippen LogP contribution in [-0.4, -0.2) is 25.5 Å². The molecule has 3 nitrogen and oxygen atoms in total. The molecule has 1 unspecified atom stereocenters. The van der Waals surface area contributed by atoms with Crippen molar-refractivity contribution in [2.75, 3.05) is 13.7 Å². The van der Waals surface area contributed by atoms with Crippen LogP contribution in [-0.2, 0) is 4.74 Å². The van der Waals surface area contributed by atoms with Crippen LogP contribution >= 0.6 is 0 Å². The molecule has 0 aliphatic carbocycles. The van der Waals surface area contributed by atoms with E-state index >= 15 is 0 Å². The first-order valence-electron chi connectivity index (χ1n) is 5.41. The molecule has 0 saturated heterocycles. The maximum Gasteiger partial charge on any atom is 0.179 e. The predicted molar refractivity (Wildman–Crippen MR) is 64.7 cm³/mol. The van der Waals surface area contributed by atoms with E-state index in [-0.39, 0.29) is 5.78 Å². The van der Waals surface area contributed by atoms with Gasteiger partial charge in [0.15, 0.2) is 5.78 Å². The number of carbonyl (C=O) groups is 1. The normalized spacial score (nSPS) is 12.5. The Hall–Kier alpha value is -1.19. The average molecular weight is 221 g/mol. The minimum atomic E-state index is -0.471. The molecule has 0 saturated carbocycles. The van der Waals surface area contributed by atoms with Crippen LogP contribution < -0.4 is 5.73 Å². The third-order valence-electron chi connectivity index (χ3n) is 2.48. The van der Waals surface area contributed by atoms with Crippen LogP contribution in [0.1, 0.15) is 27.9 Å². The lowest BCUT2D eigenvalue weighted by Gasteiger charge is -2.11. The zero-order valence-electron chi connectivity index (χ0n) is 10.1. The van der Waals surface area contributed by atoms with Gasteiger partial charge in [0, 0.05) is 19.3 Å². The number of rotatable bonds is 5. The first-order chi connectivity index (χ1) is 7.54. The van der Waals surface area contributed by atoms with Gasteiger partial charge >= 0.3 is 0 Å². The standard InChI is InChI=1S/C13H19NO2/c1-9-6-10(2)8-11(7-9)13(15)12(14)4-5-16-3/h6-8,12H,4-5,14H2,1-3H3. The summed E-state index contributed by atoms with van der Waals surface area (Å²) >= 11 is 0. The van der Waals surface area contributed by atoms with Gasteiger partial charge in [-0.15, -0.1) is 0 Å². The van der Waals surface area contributed by atoms with E-state index in [9.17, 15) is 4.79 Å². The Morgan fingerprint density at radius 2 is 1.88 bits per heavy atom. The van der Waals surface area contributed by atoms with E-state index in [2.05, 4.69) is 0 Å². The Labute approximate surface area is 96.6 Å². The number of ketones is 1. The minimum absolute atomic E-state index is 0.0103. The molecule has 0 radical (unpaired) electrons. The fourth-order valence-electron chi connectivity index (χ4n) is 1.71. The lowest BCUT2D eigenvalue weighted by atomic mass is 9.99. The lowest BCUT2D eigenvalue weighted by Crippen LogP contribution is -2.31. The highest BCUT2D eigenvalue weighted by Gasteiger charge is 2.15. The van der Waals surface area contributed by atoms with Crippen LogP contribution in [0.15, 0.2) is 18.2 Å². The molecule has 0 fully saturated rings. The van der Waals surface area contributed by atoms with Gasteiger partial charge < -0.3 is 10.5 Å². The summed E-state index contributed by atoms with van der Waals surface area (Å²) in [5.41, 5.74) is 8.67. The topological polar surface area (TPSA) is 52.3 Å². The Kier molecular flexibility index (Phi) is 4.65. The minimum Gasteiger partial charge on any atom is -0.385 e. The molecule has 16 heavy (non-hydrogen) atoms. The van der Waals surface area contributed by atoms with Gasteiger partial charge in [0.1, 0.15) is 0 Å². The fraction of sp³-hybridized carbons (Fsp3) is 0.462. The van der Waals surface area contributed by atoms with Crippen LogP contribution in [0.4, 0.5) is 0 Å². The van der Waals surface area contributed by atoms with E-state index in [0.29, 0.717) is 18.6 Å². The Bertz CT molecular complexity index is 354. The Morgan fingerprint density at radius 3 is 2.38 bits per heavy atom. The van der Waals surface area contributed by atoms with Gasteiger partial charge in [0.25, 0.3) is 0 Å². The van der Waals surface area contributed by atoms with Crippen molar-refractivity contribution in [3.05, 3.63) is 34.9 Å². The van der Waals surface area contributed by atoms with Crippen LogP contribution in [0.2, 0.25) is 0 Å². The van der Waals surface area contributed by atoms with Crippen molar-refractivity contribution in [3.63, 3.8) is 0 Å². The van der Waals surface area contributed by atoms with E-state index in [1.807, 2.05) is 32.0 Å². The molecule has 2 N–H and O–H groups in total. The summed E-state index contributed by atoms with van der Waals surface area (Å²) in [5.74, 6) is -0.0103. The average Bonchev–Trinajstić information content (AvgIpc) is 2.23. The molecule has 1 atom stereocenters. The summed E-state index contributed by atoms with van der Waals surface area (Å²) in [4.78, 5) is 12.0. The van der Waals surface area contributed by atoms with E-state index in [4.69, 9.17) is 10.5 Å². The zero-order valence-corrected chi connectivity index (χ0v) is 10.1. The predicted octanol–water partition coefficient (Wildman–Crippen LogP) is 1.85. The number of ether oxygens (including phenoxy) is 1. The van der Waals surface area contributed by atoms with Crippen molar-refractivity contribution >= 4 is 5.78 Å². The third kappa shape index (κ3) is 3.43. The molecule has 88 valence electrons. The SMILES string of the molecule is COCCC(N)C(=O)c1cc(C)cc(C)c1. The molecular formula is C13H19NO2. The van der Waals surface area contributed by atoms with Gasteiger partial charge in [0.05, 0.1) is 6.04 Å². The molecule has 0 amide bonds. The highest BCUT2D eigenvalue weighted by molar-refractivity contribution is 6.00. The van der Waals surface area contributed by atoms with Gasteiger partial charge in [0.2, 0.25) is 0 Å². The molecule has 0 spiro atoms. The number of methoxy groups -OCH3 is 1. The molecule has 0 aromatic heterocycles. The van der Waals surface area contributed by atoms with Gasteiger partial charge in [-0.25, -0.2) is 0 Å². The van der Waals surface area contributed by atoms with Gasteiger partial charge in [-0.3, -0.25) is 4.79 Å².